The summed E-state index contributed by atoms with van der Waals surface area (Å²) in [6.45, 7) is 0.225. The molecule has 0 saturated carbocycles. The number of nitrogens with zero attached hydrogens (tertiary/aromatic N) is 1. The Hall–Kier alpha value is -5.25. The predicted octanol–water partition coefficient (Wildman–Crippen LogP) is 1.29. The molecule has 3 aromatic rings. The Kier molecular flexibility index (Phi) is 13.9. The lowest BCUT2D eigenvalue weighted by molar-refractivity contribution is -0.139. The van der Waals surface area contributed by atoms with Crippen LogP contribution in [0, 0.1) is 0 Å². The van der Waals surface area contributed by atoms with Crippen LogP contribution in [0.25, 0.3) is 0 Å². The van der Waals surface area contributed by atoms with Gasteiger partial charge in [0.15, 0.2) is 0 Å². The summed E-state index contributed by atoms with van der Waals surface area (Å²) in [4.78, 5) is 76.5. The first kappa shape index (κ1) is 37.6. The van der Waals surface area contributed by atoms with Crippen LogP contribution in [0.15, 0.2) is 84.9 Å². The number of amides is 6. The third kappa shape index (κ3) is 11.1. The fourth-order valence-corrected chi connectivity index (χ4v) is 6.26. The minimum atomic E-state index is -1.09. The van der Waals surface area contributed by atoms with E-state index in [0.717, 1.165) is 22.9 Å². The van der Waals surface area contributed by atoms with Gasteiger partial charge >= 0.3 is 6.09 Å². The predicted molar refractivity (Wildman–Crippen MR) is 189 cm³/mol. The zero-order valence-electron chi connectivity index (χ0n) is 27.5. The number of primary amides is 1. The van der Waals surface area contributed by atoms with E-state index in [2.05, 4.69) is 21.3 Å². The molecule has 1 saturated heterocycles. The van der Waals surface area contributed by atoms with Crippen molar-refractivity contribution in [3.05, 3.63) is 96.1 Å². The highest BCUT2D eigenvalue weighted by molar-refractivity contribution is 8.00. The maximum Gasteiger partial charge on any atom is 0.412 e. The average molecular weight is 704 g/mol. The molecular weight excluding hydrogens is 662 g/mol. The van der Waals surface area contributed by atoms with Gasteiger partial charge in [-0.15, -0.1) is 11.8 Å². The molecule has 14 nitrogen and oxygen atoms in total. The van der Waals surface area contributed by atoms with E-state index in [4.69, 9.17) is 16.2 Å². The van der Waals surface area contributed by atoms with Crippen molar-refractivity contribution in [1.29, 1.82) is 0 Å². The number of likely N-dealkylation sites (tertiary alicyclic amines) is 1. The number of hydrogen-bond acceptors (Lipinski definition) is 10. The van der Waals surface area contributed by atoms with Crippen LogP contribution in [0.2, 0.25) is 0 Å². The minimum Gasteiger partial charge on any atom is -0.410 e. The molecule has 8 N–H and O–H groups in total. The highest BCUT2D eigenvalue weighted by Gasteiger charge is 2.39. The Bertz CT molecular complexity index is 1640. The second-order valence-corrected chi connectivity index (χ2v) is 12.8. The second kappa shape index (κ2) is 18.5. The lowest BCUT2D eigenvalue weighted by Crippen LogP contribution is -2.53. The van der Waals surface area contributed by atoms with E-state index in [1.165, 1.54) is 4.90 Å². The van der Waals surface area contributed by atoms with Gasteiger partial charge in [0.2, 0.25) is 29.5 Å². The second-order valence-electron chi connectivity index (χ2n) is 11.5. The van der Waals surface area contributed by atoms with Crippen LogP contribution < -0.4 is 37.5 Å². The van der Waals surface area contributed by atoms with Gasteiger partial charge in [-0.05, 0) is 55.3 Å². The Balaban J connectivity index is 1.18. The molecule has 15 heteroatoms. The highest BCUT2D eigenvalue weighted by atomic mass is 32.2. The van der Waals surface area contributed by atoms with Crippen molar-refractivity contribution >= 4 is 53.1 Å². The molecule has 0 aliphatic carbocycles. The van der Waals surface area contributed by atoms with Crippen molar-refractivity contribution in [2.45, 2.75) is 49.2 Å². The molecule has 0 radical (unpaired) electrons. The number of rotatable bonds is 17. The zero-order valence-corrected chi connectivity index (χ0v) is 28.3. The Morgan fingerprint density at radius 3 is 2.20 bits per heavy atom. The van der Waals surface area contributed by atoms with E-state index in [9.17, 15) is 28.8 Å². The highest BCUT2D eigenvalue weighted by Crippen LogP contribution is 2.27. The molecule has 4 atom stereocenters. The standard InChI is InChI=1S/C35H41N7O7S/c1-38-27(33(46)41-28(31(37)44)21-50-29-19-30(43)42(34(29)47)20-23-8-4-2-5-9-23)16-17-39-35(48)49-25-14-12-22(13-15-25)18-26(36)32(45)40-24-10-6-3-7-11-24/h2-15,26-29,38H,16-21,36H2,1H3,(H2,37,44)(H,39,48)(H,40,45)(H,41,46)/t26-,27?,28-,29?/m0/s1. The Morgan fingerprint density at radius 2 is 1.56 bits per heavy atom. The third-order valence-corrected chi connectivity index (χ3v) is 9.14. The van der Waals surface area contributed by atoms with Gasteiger partial charge in [-0.2, -0.15) is 0 Å². The molecule has 0 bridgehead atoms. The Labute approximate surface area is 294 Å². The molecule has 1 aliphatic heterocycles. The maximum atomic E-state index is 13.0. The van der Waals surface area contributed by atoms with Crippen molar-refractivity contribution in [2.75, 3.05) is 24.7 Å². The SMILES string of the molecule is CNC(CCNC(=O)Oc1ccc(C[C@H](N)C(=O)Nc2ccccc2)cc1)C(=O)N[C@@H](CSC1CC(=O)N(Cc2ccccc2)C1=O)C(N)=O. The van der Waals surface area contributed by atoms with E-state index < -0.39 is 41.3 Å². The van der Waals surface area contributed by atoms with Gasteiger partial charge in [0, 0.05) is 24.4 Å². The summed E-state index contributed by atoms with van der Waals surface area (Å²) in [5, 5.41) is 10.1. The number of anilines is 1. The number of likely N-dealkylation sites (N-methyl/N-ethyl adjacent to an activating group) is 1. The molecule has 3 aromatic carbocycles. The quantitative estimate of drug-likeness (QED) is 0.111. The third-order valence-electron chi connectivity index (χ3n) is 7.84. The summed E-state index contributed by atoms with van der Waals surface area (Å²) in [7, 11) is 1.56. The van der Waals surface area contributed by atoms with Crippen LogP contribution in [-0.4, -0.2) is 83.2 Å². The minimum absolute atomic E-state index is 0.00341. The molecule has 264 valence electrons. The first-order valence-corrected chi connectivity index (χ1v) is 17.0. The maximum absolute atomic E-state index is 13.0. The lowest BCUT2D eigenvalue weighted by atomic mass is 10.1. The average Bonchev–Trinajstić information content (AvgIpc) is 3.37. The first-order valence-electron chi connectivity index (χ1n) is 16.0. The molecule has 0 spiro atoms. The Morgan fingerprint density at radius 1 is 0.900 bits per heavy atom. The van der Waals surface area contributed by atoms with Crippen LogP contribution in [0.4, 0.5) is 10.5 Å². The van der Waals surface area contributed by atoms with Crippen LogP contribution >= 0.6 is 11.8 Å². The topological polar surface area (TPSA) is 215 Å². The number of para-hydroxylation sites is 1. The molecule has 2 unspecified atom stereocenters. The number of ether oxygens (including phenoxy) is 1. The molecule has 4 rings (SSSR count). The molecule has 50 heavy (non-hydrogen) atoms. The number of thioether (sulfide) groups is 1. The monoisotopic (exact) mass is 703 g/mol. The van der Waals surface area contributed by atoms with Gasteiger partial charge in [0.1, 0.15) is 11.8 Å². The smallest absolute Gasteiger partial charge is 0.410 e. The largest absolute Gasteiger partial charge is 0.412 e. The van der Waals surface area contributed by atoms with Gasteiger partial charge in [0.25, 0.3) is 0 Å². The number of nitrogens with one attached hydrogen (secondary N) is 4. The van der Waals surface area contributed by atoms with Gasteiger partial charge in [0.05, 0.1) is 23.9 Å². The number of nitrogens with two attached hydrogens (primary N) is 2. The summed E-state index contributed by atoms with van der Waals surface area (Å²) in [5.41, 5.74) is 13.8. The summed E-state index contributed by atoms with van der Waals surface area (Å²) < 4.78 is 5.31. The van der Waals surface area contributed by atoms with Crippen molar-refractivity contribution < 1.29 is 33.5 Å². The fraction of sp³-hybridized carbons (Fsp3) is 0.314. The van der Waals surface area contributed by atoms with Gasteiger partial charge in [-0.3, -0.25) is 28.9 Å². The summed E-state index contributed by atoms with van der Waals surface area (Å²) in [6, 6.07) is 22.0. The molecular formula is C35H41N7O7S. The van der Waals surface area contributed by atoms with Crippen LogP contribution in [0.5, 0.6) is 5.75 Å². The molecule has 1 aliphatic rings. The first-order chi connectivity index (χ1) is 24.0. The van der Waals surface area contributed by atoms with Crippen molar-refractivity contribution in [2.24, 2.45) is 11.5 Å². The molecule has 1 heterocycles. The van der Waals surface area contributed by atoms with Crippen molar-refractivity contribution in [1.82, 2.24) is 20.9 Å². The summed E-state index contributed by atoms with van der Waals surface area (Å²) >= 11 is 1.09. The van der Waals surface area contributed by atoms with E-state index in [0.29, 0.717) is 5.69 Å². The van der Waals surface area contributed by atoms with Crippen LogP contribution in [-0.2, 0) is 36.9 Å². The van der Waals surface area contributed by atoms with E-state index in [1.54, 1.807) is 43.4 Å². The molecule has 0 aromatic heterocycles. The molecule has 6 amide bonds. The fourth-order valence-electron chi connectivity index (χ4n) is 5.06. The number of benzene rings is 3. The van der Waals surface area contributed by atoms with Crippen LogP contribution in [0.1, 0.15) is 24.0 Å². The van der Waals surface area contributed by atoms with Gasteiger partial charge in [-0.1, -0.05) is 60.7 Å². The summed E-state index contributed by atoms with van der Waals surface area (Å²) in [6.07, 6.45) is -0.319. The van der Waals surface area contributed by atoms with Gasteiger partial charge in [-0.25, -0.2) is 4.79 Å². The number of carbonyl (C=O) groups is 6. The summed E-state index contributed by atoms with van der Waals surface area (Å²) in [5.74, 6) is -2.03. The van der Waals surface area contributed by atoms with Gasteiger partial charge < -0.3 is 37.5 Å². The van der Waals surface area contributed by atoms with E-state index in [1.807, 2.05) is 48.5 Å². The van der Waals surface area contributed by atoms with E-state index in [-0.39, 0.29) is 61.6 Å². The van der Waals surface area contributed by atoms with Crippen molar-refractivity contribution in [3.8, 4) is 5.75 Å². The van der Waals surface area contributed by atoms with E-state index >= 15 is 0 Å². The number of imide groups is 1. The van der Waals surface area contributed by atoms with Crippen molar-refractivity contribution in [3.63, 3.8) is 0 Å². The normalized spacial score (nSPS) is 15.9. The zero-order chi connectivity index (χ0) is 36.0. The van der Waals surface area contributed by atoms with Crippen LogP contribution in [0.3, 0.4) is 0 Å². The lowest BCUT2D eigenvalue weighted by Gasteiger charge is -2.21. The number of hydrogen-bond donors (Lipinski definition) is 6. The molecule has 1 fully saturated rings. The number of carbonyl (C=O) groups excluding carboxylic acids is 6.